The maximum absolute atomic E-state index is 11.2. The minimum absolute atomic E-state index is 0.217. The third kappa shape index (κ3) is 2.86. The van der Waals surface area contributed by atoms with Crippen molar-refractivity contribution in [1.82, 2.24) is 10.3 Å². The number of aromatic nitrogens is 1. The first kappa shape index (κ1) is 10.2. The van der Waals surface area contributed by atoms with Gasteiger partial charge in [-0.05, 0) is 12.1 Å². The molecule has 1 heterocycles. The van der Waals surface area contributed by atoms with E-state index in [0.717, 1.165) is 5.69 Å². The van der Waals surface area contributed by atoms with Gasteiger partial charge in [-0.25, -0.2) is 0 Å². The van der Waals surface area contributed by atoms with Gasteiger partial charge in [0.25, 0.3) is 5.91 Å². The van der Waals surface area contributed by atoms with Crippen LogP contribution in [-0.4, -0.2) is 10.9 Å². The number of nitrogens with one attached hydrogen (secondary N) is 1. The summed E-state index contributed by atoms with van der Waals surface area (Å²) in [6.07, 6.45) is 3.11. The minimum Gasteiger partial charge on any atom is -0.346 e. The molecule has 0 aliphatic rings. The van der Waals surface area contributed by atoms with E-state index in [4.69, 9.17) is 0 Å². The van der Waals surface area contributed by atoms with Gasteiger partial charge in [0.1, 0.15) is 0 Å². The van der Waals surface area contributed by atoms with Gasteiger partial charge in [-0.1, -0.05) is 25.3 Å². The van der Waals surface area contributed by atoms with Crippen LogP contribution in [0.5, 0.6) is 0 Å². The summed E-state index contributed by atoms with van der Waals surface area (Å²) in [6.45, 7) is 7.40. The van der Waals surface area contributed by atoms with E-state index >= 15 is 0 Å². The van der Waals surface area contributed by atoms with Gasteiger partial charge in [0, 0.05) is 11.8 Å². The Morgan fingerprint density at radius 2 is 2.36 bits per heavy atom. The van der Waals surface area contributed by atoms with Crippen LogP contribution in [0, 0.1) is 0 Å². The van der Waals surface area contributed by atoms with E-state index in [1.54, 1.807) is 6.20 Å². The Morgan fingerprint density at radius 1 is 1.57 bits per heavy atom. The number of hydrogen-bond acceptors (Lipinski definition) is 2. The van der Waals surface area contributed by atoms with Crippen molar-refractivity contribution in [1.29, 1.82) is 0 Å². The van der Waals surface area contributed by atoms with Crippen LogP contribution in [0.25, 0.3) is 0 Å². The first-order chi connectivity index (χ1) is 6.74. The van der Waals surface area contributed by atoms with Crippen molar-refractivity contribution < 1.29 is 4.79 Å². The minimum atomic E-state index is -0.217. The number of carbonyl (C=O) groups is 1. The highest BCUT2D eigenvalue weighted by molar-refractivity contribution is 5.95. The van der Waals surface area contributed by atoms with Gasteiger partial charge in [-0.15, -0.1) is 0 Å². The summed E-state index contributed by atoms with van der Waals surface area (Å²) in [4.78, 5) is 15.3. The van der Waals surface area contributed by atoms with Crippen LogP contribution in [0.2, 0.25) is 0 Å². The largest absolute Gasteiger partial charge is 0.346 e. The van der Waals surface area contributed by atoms with Gasteiger partial charge in [-0.3, -0.25) is 9.78 Å². The molecule has 0 bridgehead atoms. The predicted octanol–water partition coefficient (Wildman–Crippen LogP) is 1.44. The Bertz CT molecular complexity index is 344. The normalized spacial score (nSPS) is 9.14. The second-order valence-electron chi connectivity index (χ2n) is 2.73. The number of pyridine rings is 1. The fourth-order valence-electron chi connectivity index (χ4n) is 0.880. The van der Waals surface area contributed by atoms with Crippen molar-refractivity contribution >= 4 is 5.91 Å². The SMILES string of the molecule is C=CC(=C)C(=O)NCc1ccccn1. The summed E-state index contributed by atoms with van der Waals surface area (Å²) in [5.74, 6) is -0.217. The molecule has 0 saturated carbocycles. The highest BCUT2D eigenvalue weighted by Crippen LogP contribution is 1.94. The Morgan fingerprint density at radius 3 is 2.93 bits per heavy atom. The molecule has 1 amide bonds. The third-order valence-corrected chi connectivity index (χ3v) is 1.69. The molecule has 0 spiro atoms. The zero-order valence-electron chi connectivity index (χ0n) is 7.86. The molecule has 0 unspecified atom stereocenters. The van der Waals surface area contributed by atoms with Crippen LogP contribution in [0.15, 0.2) is 49.2 Å². The van der Waals surface area contributed by atoms with Crippen LogP contribution in [0.3, 0.4) is 0 Å². The van der Waals surface area contributed by atoms with E-state index in [2.05, 4.69) is 23.5 Å². The number of hydrogen-bond donors (Lipinski definition) is 1. The summed E-state index contributed by atoms with van der Waals surface area (Å²) in [7, 11) is 0. The number of carbonyl (C=O) groups excluding carboxylic acids is 1. The fraction of sp³-hybridized carbons (Fsp3) is 0.0909. The molecular formula is C11H12N2O. The van der Waals surface area contributed by atoms with E-state index in [1.807, 2.05) is 18.2 Å². The molecule has 0 aliphatic heterocycles. The lowest BCUT2D eigenvalue weighted by Gasteiger charge is -2.03. The van der Waals surface area contributed by atoms with Gasteiger partial charge < -0.3 is 5.32 Å². The maximum atomic E-state index is 11.2. The van der Waals surface area contributed by atoms with Gasteiger partial charge in [-0.2, -0.15) is 0 Å². The molecule has 0 fully saturated rings. The Balaban J connectivity index is 2.46. The highest BCUT2D eigenvalue weighted by Gasteiger charge is 2.02. The zero-order chi connectivity index (χ0) is 10.4. The van der Waals surface area contributed by atoms with E-state index in [9.17, 15) is 4.79 Å². The van der Waals surface area contributed by atoms with Gasteiger partial charge >= 0.3 is 0 Å². The number of nitrogens with zero attached hydrogens (tertiary/aromatic N) is 1. The molecule has 0 aliphatic carbocycles. The van der Waals surface area contributed by atoms with Gasteiger partial charge in [0.2, 0.25) is 0 Å². The molecule has 1 N–H and O–H groups in total. The van der Waals surface area contributed by atoms with Crippen molar-refractivity contribution in [2.75, 3.05) is 0 Å². The molecule has 1 rings (SSSR count). The van der Waals surface area contributed by atoms with Crippen LogP contribution in [0.1, 0.15) is 5.69 Å². The van der Waals surface area contributed by atoms with Gasteiger partial charge in [0.05, 0.1) is 12.2 Å². The molecule has 1 aromatic heterocycles. The maximum Gasteiger partial charge on any atom is 0.250 e. The van der Waals surface area contributed by atoms with Crippen LogP contribution < -0.4 is 5.32 Å². The summed E-state index contributed by atoms with van der Waals surface area (Å²) in [5.41, 5.74) is 1.18. The van der Waals surface area contributed by atoms with E-state index in [1.165, 1.54) is 6.08 Å². The first-order valence-corrected chi connectivity index (χ1v) is 4.23. The van der Waals surface area contributed by atoms with Crippen molar-refractivity contribution in [2.24, 2.45) is 0 Å². The molecule has 72 valence electrons. The molecule has 14 heavy (non-hydrogen) atoms. The van der Waals surface area contributed by atoms with Crippen LogP contribution in [-0.2, 0) is 11.3 Å². The first-order valence-electron chi connectivity index (χ1n) is 4.23. The molecule has 0 saturated heterocycles. The lowest BCUT2D eigenvalue weighted by atomic mass is 10.3. The number of amides is 1. The van der Waals surface area contributed by atoms with Crippen molar-refractivity contribution in [3.05, 3.63) is 54.9 Å². The van der Waals surface area contributed by atoms with E-state index in [0.29, 0.717) is 12.1 Å². The summed E-state index contributed by atoms with van der Waals surface area (Å²) in [5, 5.41) is 2.68. The molecule has 0 atom stereocenters. The lowest BCUT2D eigenvalue weighted by molar-refractivity contribution is -0.117. The molecule has 0 aromatic carbocycles. The van der Waals surface area contributed by atoms with E-state index < -0.39 is 0 Å². The third-order valence-electron chi connectivity index (χ3n) is 1.69. The lowest BCUT2D eigenvalue weighted by Crippen LogP contribution is -2.23. The standard InChI is InChI=1S/C11H12N2O/c1-3-9(2)11(14)13-8-10-6-4-5-7-12-10/h3-7H,1-2,8H2,(H,13,14). The predicted molar refractivity (Wildman–Crippen MR) is 55.4 cm³/mol. The Kier molecular flexibility index (Phi) is 3.61. The summed E-state index contributed by atoms with van der Waals surface area (Å²) < 4.78 is 0. The summed E-state index contributed by atoms with van der Waals surface area (Å²) in [6, 6.07) is 5.54. The monoisotopic (exact) mass is 188 g/mol. The Hall–Kier alpha value is -1.90. The van der Waals surface area contributed by atoms with Gasteiger partial charge in [0.15, 0.2) is 0 Å². The number of rotatable bonds is 4. The average Bonchev–Trinajstić information content (AvgIpc) is 2.26. The molecular weight excluding hydrogens is 176 g/mol. The zero-order valence-corrected chi connectivity index (χ0v) is 7.86. The summed E-state index contributed by atoms with van der Waals surface area (Å²) >= 11 is 0. The van der Waals surface area contributed by atoms with Crippen molar-refractivity contribution in [3.8, 4) is 0 Å². The van der Waals surface area contributed by atoms with E-state index in [-0.39, 0.29) is 5.91 Å². The smallest absolute Gasteiger partial charge is 0.250 e. The Labute approximate surface area is 83.2 Å². The average molecular weight is 188 g/mol. The highest BCUT2D eigenvalue weighted by atomic mass is 16.1. The molecule has 3 heteroatoms. The quantitative estimate of drug-likeness (QED) is 0.574. The molecule has 1 aromatic rings. The topological polar surface area (TPSA) is 42.0 Å². The molecule has 0 radical (unpaired) electrons. The van der Waals surface area contributed by atoms with Crippen LogP contribution in [0.4, 0.5) is 0 Å². The second-order valence-corrected chi connectivity index (χ2v) is 2.73. The van der Waals surface area contributed by atoms with Crippen molar-refractivity contribution in [2.45, 2.75) is 6.54 Å². The van der Waals surface area contributed by atoms with Crippen molar-refractivity contribution in [3.63, 3.8) is 0 Å². The molecule has 3 nitrogen and oxygen atoms in total. The second kappa shape index (κ2) is 4.97. The fourth-order valence-corrected chi connectivity index (χ4v) is 0.880. The van der Waals surface area contributed by atoms with Crippen LogP contribution >= 0.6 is 0 Å².